The zero-order valence-corrected chi connectivity index (χ0v) is 16.8. The normalized spacial score (nSPS) is 11.9. The number of carbonyl (C=O) groups is 5. The van der Waals surface area contributed by atoms with Crippen molar-refractivity contribution >= 4 is 29.4 Å². The lowest BCUT2D eigenvalue weighted by molar-refractivity contribution is -0.132. The molecule has 0 unspecified atom stereocenters. The third-order valence-electron chi connectivity index (χ3n) is 4.99. The van der Waals surface area contributed by atoms with Crippen LogP contribution in [0, 0.1) is 0 Å². The highest BCUT2D eigenvalue weighted by Crippen LogP contribution is 2.29. The van der Waals surface area contributed by atoms with E-state index in [1.807, 2.05) is 6.07 Å². The maximum Gasteiger partial charge on any atom is 0.339 e. The molecule has 7 heteroatoms. The van der Waals surface area contributed by atoms with Crippen molar-refractivity contribution in [3.05, 3.63) is 106 Å². The molecule has 3 aromatic carbocycles. The third-order valence-corrected chi connectivity index (χ3v) is 4.99. The summed E-state index contributed by atoms with van der Waals surface area (Å²) in [5.74, 6) is -3.10. The van der Waals surface area contributed by atoms with E-state index in [-0.39, 0.29) is 40.0 Å². The average molecular weight is 427 g/mol. The van der Waals surface area contributed by atoms with Crippen molar-refractivity contribution in [2.75, 3.05) is 6.61 Å². The van der Waals surface area contributed by atoms with Crippen LogP contribution < -0.4 is 5.32 Å². The van der Waals surface area contributed by atoms with Crippen molar-refractivity contribution in [1.29, 1.82) is 0 Å². The molecule has 2 amide bonds. The van der Waals surface area contributed by atoms with Gasteiger partial charge in [0.15, 0.2) is 18.2 Å². The fraction of sp³-hybridized carbons (Fsp3) is 0.0800. The lowest BCUT2D eigenvalue weighted by Crippen LogP contribution is -2.35. The van der Waals surface area contributed by atoms with E-state index in [1.54, 1.807) is 42.5 Å². The van der Waals surface area contributed by atoms with Crippen LogP contribution in [0.15, 0.2) is 72.8 Å². The molecule has 1 aliphatic carbocycles. The second-order valence-corrected chi connectivity index (χ2v) is 7.14. The molecule has 0 radical (unpaired) electrons. The van der Waals surface area contributed by atoms with Gasteiger partial charge in [0, 0.05) is 22.3 Å². The molecular weight excluding hydrogens is 410 g/mol. The van der Waals surface area contributed by atoms with Crippen LogP contribution in [-0.4, -0.2) is 36.0 Å². The second-order valence-electron chi connectivity index (χ2n) is 7.14. The van der Waals surface area contributed by atoms with E-state index in [4.69, 9.17) is 4.74 Å². The minimum absolute atomic E-state index is 0.00272. The molecule has 1 aliphatic rings. The minimum Gasteiger partial charge on any atom is -0.452 e. The standard InChI is InChI=1S/C25H17NO6/c27-20(13-15-7-2-1-3-8-15)26-21(28)14-32-25(31)19-12-6-11-18-22(19)24(30)17-10-5-4-9-16(17)23(18)29/h1-12H,13-14H2,(H,26,27,28). The van der Waals surface area contributed by atoms with Crippen LogP contribution >= 0.6 is 0 Å². The quantitative estimate of drug-likeness (QED) is 0.491. The molecule has 1 N–H and O–H groups in total. The number of hydrogen-bond acceptors (Lipinski definition) is 6. The molecule has 0 aromatic heterocycles. The number of esters is 1. The van der Waals surface area contributed by atoms with Gasteiger partial charge in [-0.25, -0.2) is 4.79 Å². The van der Waals surface area contributed by atoms with Gasteiger partial charge in [0.05, 0.1) is 12.0 Å². The second kappa shape index (κ2) is 8.77. The van der Waals surface area contributed by atoms with Gasteiger partial charge in [0.25, 0.3) is 5.91 Å². The minimum atomic E-state index is -0.937. The van der Waals surface area contributed by atoms with Crippen molar-refractivity contribution in [1.82, 2.24) is 5.32 Å². The molecule has 0 bridgehead atoms. The van der Waals surface area contributed by atoms with Crippen LogP contribution in [-0.2, 0) is 20.7 Å². The number of benzene rings is 3. The van der Waals surface area contributed by atoms with E-state index in [0.717, 1.165) is 5.56 Å². The predicted octanol–water partition coefficient (Wildman–Crippen LogP) is 2.50. The summed E-state index contributed by atoms with van der Waals surface area (Å²) in [6.45, 7) is -0.707. The van der Waals surface area contributed by atoms with Crippen LogP contribution in [0.2, 0.25) is 0 Å². The number of rotatable bonds is 5. The Morgan fingerprint density at radius 2 is 1.31 bits per heavy atom. The fourth-order valence-corrected chi connectivity index (χ4v) is 3.54. The largest absolute Gasteiger partial charge is 0.452 e. The summed E-state index contributed by atoms with van der Waals surface area (Å²) in [5.41, 5.74) is 1.14. The van der Waals surface area contributed by atoms with Crippen LogP contribution in [0.3, 0.4) is 0 Å². The van der Waals surface area contributed by atoms with E-state index < -0.39 is 30.2 Å². The highest BCUT2D eigenvalue weighted by atomic mass is 16.5. The van der Waals surface area contributed by atoms with Crippen LogP contribution in [0.1, 0.15) is 47.8 Å². The lowest BCUT2D eigenvalue weighted by atomic mass is 9.82. The Balaban J connectivity index is 1.45. The van der Waals surface area contributed by atoms with E-state index >= 15 is 0 Å². The molecule has 0 saturated carbocycles. The molecular formula is C25H17NO6. The van der Waals surface area contributed by atoms with E-state index in [9.17, 15) is 24.0 Å². The number of carbonyl (C=O) groups excluding carboxylic acids is 5. The number of hydrogen-bond donors (Lipinski definition) is 1. The summed E-state index contributed by atoms with van der Waals surface area (Å²) < 4.78 is 5.01. The Morgan fingerprint density at radius 1 is 0.688 bits per heavy atom. The average Bonchev–Trinajstić information content (AvgIpc) is 2.81. The van der Waals surface area contributed by atoms with Crippen LogP contribution in [0.25, 0.3) is 0 Å². The smallest absolute Gasteiger partial charge is 0.339 e. The zero-order chi connectivity index (χ0) is 22.7. The van der Waals surface area contributed by atoms with Gasteiger partial charge in [-0.2, -0.15) is 0 Å². The first-order valence-corrected chi connectivity index (χ1v) is 9.81. The van der Waals surface area contributed by atoms with Gasteiger partial charge in [-0.15, -0.1) is 0 Å². The highest BCUT2D eigenvalue weighted by molar-refractivity contribution is 6.30. The van der Waals surface area contributed by atoms with Crippen molar-refractivity contribution in [3.8, 4) is 0 Å². The van der Waals surface area contributed by atoms with E-state index in [1.165, 1.54) is 24.3 Å². The molecule has 7 nitrogen and oxygen atoms in total. The van der Waals surface area contributed by atoms with Crippen LogP contribution in [0.5, 0.6) is 0 Å². The first kappa shape index (κ1) is 20.9. The SMILES string of the molecule is O=C(COC(=O)c1cccc2c1C(=O)c1ccccc1C2=O)NC(=O)Cc1ccccc1. The molecule has 3 aromatic rings. The Morgan fingerprint density at radius 3 is 2.03 bits per heavy atom. The summed E-state index contributed by atoms with van der Waals surface area (Å²) in [6, 6.07) is 19.5. The zero-order valence-electron chi connectivity index (χ0n) is 16.8. The number of fused-ring (bicyclic) bond motifs is 2. The number of ether oxygens (including phenoxy) is 1. The summed E-state index contributed by atoms with van der Waals surface area (Å²) in [6.07, 6.45) is 0.00272. The van der Waals surface area contributed by atoms with E-state index in [2.05, 4.69) is 5.32 Å². The van der Waals surface area contributed by atoms with Crippen molar-refractivity contribution < 1.29 is 28.7 Å². The maximum absolute atomic E-state index is 13.0. The Hall–Kier alpha value is -4.39. The van der Waals surface area contributed by atoms with Gasteiger partial charge in [-0.1, -0.05) is 66.7 Å². The first-order chi connectivity index (χ1) is 15.5. The number of imide groups is 1. The molecule has 158 valence electrons. The van der Waals surface area contributed by atoms with Gasteiger partial charge in [0.2, 0.25) is 5.91 Å². The van der Waals surface area contributed by atoms with E-state index in [0.29, 0.717) is 0 Å². The van der Waals surface area contributed by atoms with Gasteiger partial charge >= 0.3 is 5.97 Å². The Bertz CT molecular complexity index is 1260. The number of nitrogens with one attached hydrogen (secondary N) is 1. The van der Waals surface area contributed by atoms with Gasteiger partial charge in [0.1, 0.15) is 0 Å². The Kier molecular flexibility index (Phi) is 5.72. The van der Waals surface area contributed by atoms with Crippen molar-refractivity contribution in [2.45, 2.75) is 6.42 Å². The maximum atomic E-state index is 13.0. The molecule has 0 atom stereocenters. The molecule has 0 spiro atoms. The monoisotopic (exact) mass is 427 g/mol. The number of amides is 2. The Labute approximate surface area is 183 Å². The first-order valence-electron chi connectivity index (χ1n) is 9.81. The predicted molar refractivity (Wildman–Crippen MR) is 113 cm³/mol. The molecule has 32 heavy (non-hydrogen) atoms. The van der Waals surface area contributed by atoms with Gasteiger partial charge in [-0.3, -0.25) is 24.5 Å². The third kappa shape index (κ3) is 4.09. The summed E-state index contributed by atoms with van der Waals surface area (Å²) in [4.78, 5) is 62.3. The molecule has 0 saturated heterocycles. The molecule has 0 aliphatic heterocycles. The van der Waals surface area contributed by atoms with Crippen LogP contribution in [0.4, 0.5) is 0 Å². The number of ketones is 2. The van der Waals surface area contributed by atoms with Crippen molar-refractivity contribution in [3.63, 3.8) is 0 Å². The summed E-state index contributed by atoms with van der Waals surface area (Å²) >= 11 is 0. The molecule has 0 fully saturated rings. The van der Waals surface area contributed by atoms with Gasteiger partial charge < -0.3 is 4.74 Å². The fourth-order valence-electron chi connectivity index (χ4n) is 3.54. The summed E-state index contributed by atoms with van der Waals surface area (Å²) in [5, 5.41) is 2.15. The van der Waals surface area contributed by atoms with Gasteiger partial charge in [-0.05, 0) is 11.6 Å². The highest BCUT2D eigenvalue weighted by Gasteiger charge is 2.33. The lowest BCUT2D eigenvalue weighted by Gasteiger charge is -2.19. The molecule has 0 heterocycles. The molecule has 4 rings (SSSR count). The topological polar surface area (TPSA) is 107 Å². The van der Waals surface area contributed by atoms with Crippen molar-refractivity contribution in [2.24, 2.45) is 0 Å². The summed E-state index contributed by atoms with van der Waals surface area (Å²) in [7, 11) is 0.